The number of hydrogen-bond acceptors (Lipinski definition) is 5. The first kappa shape index (κ1) is 13.1. The largest absolute Gasteiger partial charge is 0.325 e. The van der Waals surface area contributed by atoms with Gasteiger partial charge in [0.1, 0.15) is 5.01 Å². The number of nitrogens with one attached hydrogen (secondary N) is 1. The fourth-order valence-electron chi connectivity index (χ4n) is 1.68. The molecule has 0 saturated heterocycles. The van der Waals surface area contributed by atoms with Gasteiger partial charge in [0.05, 0.1) is 11.7 Å². The van der Waals surface area contributed by atoms with E-state index in [-0.39, 0.29) is 6.04 Å². The lowest BCUT2D eigenvalue weighted by atomic mass is 10.2. The Morgan fingerprint density at radius 2 is 2.33 bits per heavy atom. The minimum Gasteiger partial charge on any atom is -0.325 e. The van der Waals surface area contributed by atoms with Crippen LogP contribution < -0.4 is 11.1 Å². The molecule has 2 aromatic heterocycles. The van der Waals surface area contributed by atoms with Gasteiger partial charge in [-0.1, -0.05) is 0 Å². The van der Waals surface area contributed by atoms with Crippen LogP contribution in [0.15, 0.2) is 23.7 Å². The normalized spacial score (nSPS) is 12.6. The molecule has 4 nitrogen and oxygen atoms in total. The van der Waals surface area contributed by atoms with Crippen molar-refractivity contribution in [3.05, 3.63) is 45.7 Å². The van der Waals surface area contributed by atoms with E-state index in [1.165, 1.54) is 5.56 Å². The van der Waals surface area contributed by atoms with Gasteiger partial charge in [-0.05, 0) is 31.5 Å². The summed E-state index contributed by atoms with van der Waals surface area (Å²) in [6.45, 7) is 5.43. The van der Waals surface area contributed by atoms with Crippen molar-refractivity contribution in [1.29, 1.82) is 0 Å². The molecule has 0 saturated carbocycles. The lowest BCUT2D eigenvalue weighted by Gasteiger charge is -2.11. The zero-order chi connectivity index (χ0) is 13.0. The van der Waals surface area contributed by atoms with Crippen molar-refractivity contribution in [2.45, 2.75) is 33.0 Å². The Bertz CT molecular complexity index is 509. The molecule has 0 fully saturated rings. The molecule has 0 aromatic carbocycles. The summed E-state index contributed by atoms with van der Waals surface area (Å²) in [5, 5.41) is 6.66. The molecule has 0 radical (unpaired) electrons. The van der Waals surface area contributed by atoms with Crippen molar-refractivity contribution < 1.29 is 0 Å². The van der Waals surface area contributed by atoms with Crippen molar-refractivity contribution in [2.75, 3.05) is 0 Å². The quantitative estimate of drug-likeness (QED) is 0.866. The van der Waals surface area contributed by atoms with Crippen LogP contribution in [0.5, 0.6) is 0 Å². The molecule has 2 rings (SSSR count). The van der Waals surface area contributed by atoms with E-state index < -0.39 is 0 Å². The highest BCUT2D eigenvalue weighted by molar-refractivity contribution is 7.09. The summed E-state index contributed by atoms with van der Waals surface area (Å²) >= 11 is 1.69. The number of nitrogens with two attached hydrogens (primary N) is 1. The smallest absolute Gasteiger partial charge is 0.110 e. The van der Waals surface area contributed by atoms with Crippen LogP contribution in [-0.2, 0) is 13.1 Å². The van der Waals surface area contributed by atoms with E-state index in [1.807, 2.05) is 19.1 Å². The Morgan fingerprint density at radius 1 is 1.50 bits per heavy atom. The third kappa shape index (κ3) is 3.35. The van der Waals surface area contributed by atoms with E-state index in [0.29, 0.717) is 6.54 Å². The number of aryl methyl sites for hydroxylation is 1. The van der Waals surface area contributed by atoms with Crippen LogP contribution >= 0.6 is 11.3 Å². The summed E-state index contributed by atoms with van der Waals surface area (Å²) in [7, 11) is 0. The van der Waals surface area contributed by atoms with Gasteiger partial charge in [-0.2, -0.15) is 0 Å². The molecule has 5 heteroatoms. The van der Waals surface area contributed by atoms with Crippen LogP contribution in [0.4, 0.5) is 0 Å². The molecule has 2 aromatic rings. The third-order valence-electron chi connectivity index (χ3n) is 2.71. The first-order valence-electron chi connectivity index (χ1n) is 5.98. The zero-order valence-corrected chi connectivity index (χ0v) is 11.5. The molecular formula is C13H18N4S. The number of thiazole rings is 1. The highest BCUT2D eigenvalue weighted by Gasteiger charge is 2.08. The van der Waals surface area contributed by atoms with Gasteiger partial charge < -0.3 is 11.1 Å². The summed E-state index contributed by atoms with van der Waals surface area (Å²) < 4.78 is 0. The lowest BCUT2D eigenvalue weighted by Crippen LogP contribution is -2.18. The number of pyridine rings is 1. The SMILES string of the molecule is Cc1csc(C(C)NCc2ccnc(CN)c2)n1. The van der Waals surface area contributed by atoms with E-state index in [9.17, 15) is 0 Å². The van der Waals surface area contributed by atoms with E-state index in [0.717, 1.165) is 22.9 Å². The van der Waals surface area contributed by atoms with Crippen molar-refractivity contribution >= 4 is 11.3 Å². The van der Waals surface area contributed by atoms with Gasteiger partial charge in [0.25, 0.3) is 0 Å². The lowest BCUT2D eigenvalue weighted by molar-refractivity contribution is 0.570. The topological polar surface area (TPSA) is 63.8 Å². The molecule has 0 aliphatic heterocycles. The fraction of sp³-hybridized carbons (Fsp3) is 0.385. The van der Waals surface area contributed by atoms with E-state index in [2.05, 4.69) is 27.6 Å². The summed E-state index contributed by atoms with van der Waals surface area (Å²) in [6, 6.07) is 4.30. The second-order valence-corrected chi connectivity index (χ2v) is 5.18. The molecule has 1 atom stereocenters. The molecule has 1 unspecified atom stereocenters. The van der Waals surface area contributed by atoms with Crippen LogP contribution in [0.1, 0.15) is 34.9 Å². The average Bonchev–Trinajstić information content (AvgIpc) is 2.83. The van der Waals surface area contributed by atoms with Crippen LogP contribution in [-0.4, -0.2) is 9.97 Å². The van der Waals surface area contributed by atoms with Crippen molar-refractivity contribution in [3.63, 3.8) is 0 Å². The molecule has 18 heavy (non-hydrogen) atoms. The van der Waals surface area contributed by atoms with Crippen molar-refractivity contribution in [2.24, 2.45) is 5.73 Å². The maximum absolute atomic E-state index is 5.58. The number of rotatable bonds is 5. The Kier molecular flexibility index (Phi) is 4.41. The Labute approximate surface area is 111 Å². The predicted molar refractivity (Wildman–Crippen MR) is 74.2 cm³/mol. The number of aromatic nitrogens is 2. The van der Waals surface area contributed by atoms with Gasteiger partial charge >= 0.3 is 0 Å². The van der Waals surface area contributed by atoms with Crippen molar-refractivity contribution in [1.82, 2.24) is 15.3 Å². The molecule has 0 spiro atoms. The molecule has 3 N–H and O–H groups in total. The van der Waals surface area contributed by atoms with Gasteiger partial charge in [0, 0.05) is 30.4 Å². The van der Waals surface area contributed by atoms with E-state index in [1.54, 1.807) is 17.5 Å². The highest BCUT2D eigenvalue weighted by Crippen LogP contribution is 2.17. The average molecular weight is 262 g/mol. The van der Waals surface area contributed by atoms with Crippen LogP contribution in [0.25, 0.3) is 0 Å². The third-order valence-corrected chi connectivity index (χ3v) is 3.85. The Balaban J connectivity index is 1.94. The minimum absolute atomic E-state index is 0.262. The maximum atomic E-state index is 5.58. The first-order chi connectivity index (χ1) is 8.69. The van der Waals surface area contributed by atoms with E-state index in [4.69, 9.17) is 5.73 Å². The van der Waals surface area contributed by atoms with Gasteiger partial charge in [0.2, 0.25) is 0 Å². The summed E-state index contributed by atoms with van der Waals surface area (Å²) in [4.78, 5) is 8.66. The van der Waals surface area contributed by atoms with Crippen LogP contribution in [0.3, 0.4) is 0 Å². The minimum atomic E-state index is 0.262. The molecule has 0 aliphatic rings. The first-order valence-corrected chi connectivity index (χ1v) is 6.86. The predicted octanol–water partition coefficient (Wildman–Crippen LogP) is 2.16. The van der Waals surface area contributed by atoms with Crippen LogP contribution in [0.2, 0.25) is 0 Å². The van der Waals surface area contributed by atoms with Crippen LogP contribution in [0, 0.1) is 6.92 Å². The monoisotopic (exact) mass is 262 g/mol. The number of nitrogens with zero attached hydrogens (tertiary/aromatic N) is 2. The maximum Gasteiger partial charge on any atom is 0.110 e. The molecular weight excluding hydrogens is 244 g/mol. The summed E-state index contributed by atoms with van der Waals surface area (Å²) in [5.74, 6) is 0. The van der Waals surface area contributed by atoms with E-state index >= 15 is 0 Å². The standard InChI is InChI=1S/C13H18N4S/c1-9-8-18-13(17-9)10(2)16-7-11-3-4-15-12(5-11)6-14/h3-5,8,10,16H,6-7,14H2,1-2H3. The Hall–Kier alpha value is -1.30. The molecule has 0 amide bonds. The molecule has 96 valence electrons. The van der Waals surface area contributed by atoms with Gasteiger partial charge in [0.15, 0.2) is 0 Å². The number of hydrogen-bond donors (Lipinski definition) is 2. The second-order valence-electron chi connectivity index (χ2n) is 4.29. The molecule has 2 heterocycles. The highest BCUT2D eigenvalue weighted by atomic mass is 32.1. The van der Waals surface area contributed by atoms with Gasteiger partial charge in [-0.3, -0.25) is 4.98 Å². The molecule has 0 aliphatic carbocycles. The van der Waals surface area contributed by atoms with Crippen molar-refractivity contribution in [3.8, 4) is 0 Å². The second kappa shape index (κ2) is 6.04. The van der Waals surface area contributed by atoms with Gasteiger partial charge in [-0.15, -0.1) is 11.3 Å². The fourth-order valence-corrected chi connectivity index (χ4v) is 2.51. The summed E-state index contributed by atoms with van der Waals surface area (Å²) in [5.41, 5.74) is 8.78. The zero-order valence-electron chi connectivity index (χ0n) is 10.7. The van der Waals surface area contributed by atoms with Gasteiger partial charge in [-0.25, -0.2) is 4.98 Å². The Morgan fingerprint density at radius 3 is 3.00 bits per heavy atom. The summed E-state index contributed by atoms with van der Waals surface area (Å²) in [6.07, 6.45) is 1.80. The molecule has 0 bridgehead atoms.